The largest absolute Gasteiger partial charge is 0.363 e. The summed E-state index contributed by atoms with van der Waals surface area (Å²) in [5, 5.41) is 3.41. The number of aryl methyl sites for hydroxylation is 1. The van der Waals surface area contributed by atoms with Crippen molar-refractivity contribution in [2.45, 2.75) is 26.3 Å². The number of aromatic nitrogens is 2. The van der Waals surface area contributed by atoms with E-state index in [-0.39, 0.29) is 17.5 Å². The van der Waals surface area contributed by atoms with Crippen LogP contribution < -0.4 is 10.9 Å². The van der Waals surface area contributed by atoms with Gasteiger partial charge >= 0.3 is 0 Å². The number of thioether (sulfide) groups is 1. The van der Waals surface area contributed by atoms with Gasteiger partial charge in [-0.05, 0) is 49.1 Å². The van der Waals surface area contributed by atoms with E-state index < -0.39 is 0 Å². The van der Waals surface area contributed by atoms with Crippen LogP contribution in [0.3, 0.4) is 0 Å². The average Bonchev–Trinajstić information content (AvgIpc) is 3.18. The number of amides is 1. The zero-order valence-electron chi connectivity index (χ0n) is 20.5. The zero-order chi connectivity index (χ0) is 25.9. The van der Waals surface area contributed by atoms with Gasteiger partial charge in [0.2, 0.25) is 0 Å². The predicted molar refractivity (Wildman–Crippen MR) is 155 cm³/mol. The minimum Gasteiger partial charge on any atom is -0.363 e. The summed E-state index contributed by atoms with van der Waals surface area (Å²) in [6, 6.07) is 23.6. The van der Waals surface area contributed by atoms with Crippen LogP contribution in [-0.2, 0) is 11.2 Å². The molecule has 1 amide bonds. The lowest BCUT2D eigenvalue weighted by Crippen LogP contribution is -2.30. The second-order valence-electron chi connectivity index (χ2n) is 8.91. The van der Waals surface area contributed by atoms with Crippen LogP contribution in [0.2, 0.25) is 0 Å². The number of hydrogen-bond donors (Lipinski definition) is 1. The fourth-order valence-corrected chi connectivity index (χ4v) is 5.58. The molecule has 1 N–H and O–H groups in total. The fourth-order valence-electron chi connectivity index (χ4n) is 4.29. The minimum atomic E-state index is -0.244. The molecule has 0 radical (unpaired) electrons. The Kier molecular flexibility index (Phi) is 7.21. The lowest BCUT2D eigenvalue weighted by atomic mass is 10.1. The van der Waals surface area contributed by atoms with Crippen LogP contribution in [0.5, 0.6) is 0 Å². The number of nitrogens with one attached hydrogen (secondary N) is 1. The second kappa shape index (κ2) is 10.7. The van der Waals surface area contributed by atoms with Gasteiger partial charge in [0.15, 0.2) is 0 Å². The zero-order valence-corrected chi connectivity index (χ0v) is 22.2. The molecule has 1 unspecified atom stereocenters. The standard InChI is InChI=1S/C29H26N4O2S2/c1-19-10-9-16-32-26(19)31-25(30-20(2)22-13-7-4-8-14-22)23(27(32)34)18-24-28(35)33(29(36)37-24)17-15-21-11-5-3-6-12-21/h3-14,16,18,20,30H,15,17H2,1-2H3. The maximum absolute atomic E-state index is 13.7. The van der Waals surface area contributed by atoms with Gasteiger partial charge in [-0.25, -0.2) is 4.98 Å². The van der Waals surface area contributed by atoms with E-state index in [2.05, 4.69) is 5.32 Å². The van der Waals surface area contributed by atoms with E-state index in [4.69, 9.17) is 17.2 Å². The van der Waals surface area contributed by atoms with Crippen molar-refractivity contribution in [2.75, 3.05) is 11.9 Å². The summed E-state index contributed by atoms with van der Waals surface area (Å²) in [5.74, 6) is 0.243. The topological polar surface area (TPSA) is 66.7 Å². The lowest BCUT2D eigenvalue weighted by molar-refractivity contribution is -0.122. The van der Waals surface area contributed by atoms with E-state index in [9.17, 15) is 9.59 Å². The molecule has 2 aromatic carbocycles. The van der Waals surface area contributed by atoms with Crippen LogP contribution in [0, 0.1) is 6.92 Å². The third-order valence-corrected chi connectivity index (χ3v) is 7.73. The van der Waals surface area contributed by atoms with E-state index in [1.165, 1.54) is 16.2 Å². The monoisotopic (exact) mass is 526 g/mol. The van der Waals surface area contributed by atoms with Crippen molar-refractivity contribution >= 4 is 51.7 Å². The van der Waals surface area contributed by atoms with Crippen LogP contribution in [-0.4, -0.2) is 31.1 Å². The lowest BCUT2D eigenvalue weighted by Gasteiger charge is -2.18. The van der Waals surface area contributed by atoms with Crippen LogP contribution in [0.25, 0.3) is 11.7 Å². The molecule has 5 rings (SSSR count). The van der Waals surface area contributed by atoms with E-state index in [0.717, 1.165) is 16.7 Å². The van der Waals surface area contributed by atoms with Crippen molar-refractivity contribution in [1.82, 2.24) is 14.3 Å². The van der Waals surface area contributed by atoms with Crippen LogP contribution in [0.15, 0.2) is 88.7 Å². The Bertz CT molecular complexity index is 1570. The Morgan fingerprint density at radius 3 is 2.46 bits per heavy atom. The highest BCUT2D eigenvalue weighted by Crippen LogP contribution is 2.33. The number of carbonyl (C=O) groups is 1. The molecule has 0 saturated carbocycles. The SMILES string of the molecule is Cc1cccn2c(=O)c(C=C3SC(=S)N(CCc4ccccc4)C3=O)c(NC(C)c3ccccc3)nc12. The third kappa shape index (κ3) is 5.21. The Morgan fingerprint density at radius 2 is 1.73 bits per heavy atom. The number of anilines is 1. The Hall–Kier alpha value is -3.75. The molecule has 3 heterocycles. The van der Waals surface area contributed by atoms with Crippen molar-refractivity contribution < 1.29 is 4.79 Å². The summed E-state index contributed by atoms with van der Waals surface area (Å²) in [7, 11) is 0. The van der Waals surface area contributed by atoms with Gasteiger partial charge in [-0.1, -0.05) is 90.7 Å². The summed E-state index contributed by atoms with van der Waals surface area (Å²) < 4.78 is 2.01. The molecule has 2 aromatic heterocycles. The molecule has 6 nitrogen and oxygen atoms in total. The van der Waals surface area contributed by atoms with Gasteiger partial charge in [-0.2, -0.15) is 0 Å². The first-order valence-electron chi connectivity index (χ1n) is 12.0. The molecule has 1 saturated heterocycles. The molecule has 186 valence electrons. The number of carbonyl (C=O) groups excluding carboxylic acids is 1. The first-order valence-corrected chi connectivity index (χ1v) is 13.3. The number of benzene rings is 2. The highest BCUT2D eigenvalue weighted by atomic mass is 32.2. The van der Waals surface area contributed by atoms with Crippen molar-refractivity contribution in [2.24, 2.45) is 0 Å². The number of fused-ring (bicyclic) bond motifs is 1. The normalized spacial score (nSPS) is 15.5. The van der Waals surface area contributed by atoms with Gasteiger partial charge in [0.25, 0.3) is 11.5 Å². The molecular formula is C29H26N4O2S2. The van der Waals surface area contributed by atoms with Gasteiger partial charge in [-0.3, -0.25) is 18.9 Å². The number of nitrogens with zero attached hydrogens (tertiary/aromatic N) is 3. The predicted octanol–water partition coefficient (Wildman–Crippen LogP) is 5.62. The maximum Gasteiger partial charge on any atom is 0.267 e. The van der Waals surface area contributed by atoms with Gasteiger partial charge in [-0.15, -0.1) is 0 Å². The van der Waals surface area contributed by atoms with Crippen LogP contribution in [0.1, 0.15) is 35.2 Å². The summed E-state index contributed by atoms with van der Waals surface area (Å²) in [6.45, 7) is 4.42. The average molecular weight is 527 g/mol. The molecule has 8 heteroatoms. The highest BCUT2D eigenvalue weighted by Gasteiger charge is 2.32. The summed E-state index contributed by atoms with van der Waals surface area (Å²) in [4.78, 5) is 33.8. The Labute approximate surface area is 225 Å². The van der Waals surface area contributed by atoms with Gasteiger partial charge in [0, 0.05) is 18.8 Å². The maximum atomic E-state index is 13.7. The molecule has 1 fully saturated rings. The number of thiocarbonyl (C=S) groups is 1. The van der Waals surface area contributed by atoms with Gasteiger partial charge < -0.3 is 5.32 Å². The van der Waals surface area contributed by atoms with Gasteiger partial charge in [0.1, 0.15) is 15.8 Å². The van der Waals surface area contributed by atoms with Gasteiger partial charge in [0.05, 0.1) is 10.5 Å². The quantitative estimate of drug-likeness (QED) is 0.249. The van der Waals surface area contributed by atoms with Crippen molar-refractivity contribution in [3.05, 3.63) is 117 Å². The fraction of sp³-hybridized carbons (Fsp3) is 0.172. The van der Waals surface area contributed by atoms with E-state index in [1.807, 2.05) is 86.6 Å². The molecule has 0 aliphatic carbocycles. The second-order valence-corrected chi connectivity index (χ2v) is 10.6. The molecular weight excluding hydrogens is 500 g/mol. The molecule has 4 aromatic rings. The summed E-state index contributed by atoms with van der Waals surface area (Å²) in [5.41, 5.74) is 3.74. The minimum absolute atomic E-state index is 0.105. The number of hydrogen-bond acceptors (Lipinski definition) is 6. The van der Waals surface area contributed by atoms with Crippen molar-refractivity contribution in [1.29, 1.82) is 0 Å². The smallest absolute Gasteiger partial charge is 0.267 e. The summed E-state index contributed by atoms with van der Waals surface area (Å²) in [6.07, 6.45) is 4.03. The number of rotatable bonds is 7. The number of pyridine rings is 1. The molecule has 1 atom stereocenters. The molecule has 0 spiro atoms. The first kappa shape index (κ1) is 24.9. The molecule has 1 aliphatic heterocycles. The molecule has 0 bridgehead atoms. The summed E-state index contributed by atoms with van der Waals surface area (Å²) >= 11 is 6.75. The van der Waals surface area contributed by atoms with E-state index in [1.54, 1.807) is 17.2 Å². The first-order chi connectivity index (χ1) is 17.9. The van der Waals surface area contributed by atoms with E-state index >= 15 is 0 Å². The Balaban J connectivity index is 1.51. The third-order valence-electron chi connectivity index (χ3n) is 6.35. The van der Waals surface area contributed by atoms with Crippen LogP contribution >= 0.6 is 24.0 Å². The van der Waals surface area contributed by atoms with E-state index in [0.29, 0.717) is 39.2 Å². The molecule has 1 aliphatic rings. The van der Waals surface area contributed by atoms with Crippen molar-refractivity contribution in [3.8, 4) is 0 Å². The highest BCUT2D eigenvalue weighted by molar-refractivity contribution is 8.26. The van der Waals surface area contributed by atoms with Crippen molar-refractivity contribution in [3.63, 3.8) is 0 Å². The Morgan fingerprint density at radius 1 is 1.03 bits per heavy atom. The molecule has 37 heavy (non-hydrogen) atoms. The van der Waals surface area contributed by atoms with Crippen LogP contribution in [0.4, 0.5) is 5.82 Å².